The summed E-state index contributed by atoms with van der Waals surface area (Å²) in [5, 5.41) is 0.165. The zero-order valence-electron chi connectivity index (χ0n) is 9.78. The molecular formula is C11H16ClN3O2. The predicted molar refractivity (Wildman–Crippen MR) is 65.2 cm³/mol. The molecule has 2 N–H and O–H groups in total. The average molecular weight is 258 g/mol. The number of hydrogen-bond acceptors (Lipinski definition) is 5. The summed E-state index contributed by atoms with van der Waals surface area (Å²) in [6.07, 6.45) is 2.02. The first-order valence-electron chi connectivity index (χ1n) is 5.67. The number of anilines is 1. The lowest BCUT2D eigenvalue weighted by atomic mass is 10.0. The number of nitrogen functional groups attached to an aromatic ring is 1. The zero-order valence-corrected chi connectivity index (χ0v) is 10.5. The van der Waals surface area contributed by atoms with Crippen LogP contribution in [0.4, 0.5) is 5.69 Å². The lowest BCUT2D eigenvalue weighted by Crippen LogP contribution is -2.22. The van der Waals surface area contributed by atoms with Gasteiger partial charge in [-0.25, -0.2) is 4.98 Å². The van der Waals surface area contributed by atoms with Crippen LogP contribution in [0, 0.1) is 12.8 Å². The van der Waals surface area contributed by atoms with Gasteiger partial charge in [-0.1, -0.05) is 0 Å². The number of halogens is 1. The Morgan fingerprint density at radius 2 is 2.12 bits per heavy atom. The van der Waals surface area contributed by atoms with Gasteiger partial charge in [-0.2, -0.15) is 4.98 Å². The Morgan fingerprint density at radius 3 is 2.82 bits per heavy atom. The number of aromatic nitrogens is 2. The van der Waals surface area contributed by atoms with Crippen molar-refractivity contribution in [2.75, 3.05) is 25.6 Å². The summed E-state index contributed by atoms with van der Waals surface area (Å²) < 4.78 is 10.9. The molecule has 2 rings (SSSR count). The summed E-state index contributed by atoms with van der Waals surface area (Å²) in [6.45, 7) is 3.98. The first-order chi connectivity index (χ1) is 8.16. The average Bonchev–Trinajstić information content (AvgIpc) is 2.33. The number of aryl methyl sites for hydroxylation is 1. The van der Waals surface area contributed by atoms with Crippen molar-refractivity contribution in [3.63, 3.8) is 0 Å². The highest BCUT2D eigenvalue weighted by Crippen LogP contribution is 2.24. The SMILES string of the molecule is Cc1nc(Cl)nc(OCC2CCOCC2)c1N. The molecule has 0 radical (unpaired) electrons. The molecule has 1 aromatic heterocycles. The number of rotatable bonds is 3. The van der Waals surface area contributed by atoms with Gasteiger partial charge < -0.3 is 15.2 Å². The molecule has 0 saturated carbocycles. The molecule has 0 atom stereocenters. The molecular weight excluding hydrogens is 242 g/mol. The Balaban J connectivity index is 1.98. The van der Waals surface area contributed by atoms with Crippen molar-refractivity contribution in [1.29, 1.82) is 0 Å². The predicted octanol–water partition coefficient (Wildman–Crippen LogP) is 1.83. The second-order valence-corrected chi connectivity index (χ2v) is 4.50. The smallest absolute Gasteiger partial charge is 0.241 e. The van der Waals surface area contributed by atoms with Crippen molar-refractivity contribution in [2.45, 2.75) is 19.8 Å². The van der Waals surface area contributed by atoms with Gasteiger partial charge >= 0.3 is 0 Å². The normalized spacial score (nSPS) is 17.1. The Kier molecular flexibility index (Phi) is 4.02. The van der Waals surface area contributed by atoms with Crippen LogP contribution < -0.4 is 10.5 Å². The molecule has 0 unspecified atom stereocenters. The van der Waals surface area contributed by atoms with E-state index in [0.717, 1.165) is 26.1 Å². The van der Waals surface area contributed by atoms with Gasteiger partial charge in [-0.05, 0) is 37.3 Å². The van der Waals surface area contributed by atoms with Crippen LogP contribution in [0.15, 0.2) is 0 Å². The van der Waals surface area contributed by atoms with Crippen molar-refractivity contribution >= 4 is 17.3 Å². The third-order valence-corrected chi connectivity index (χ3v) is 3.04. The van der Waals surface area contributed by atoms with Gasteiger partial charge in [-0.15, -0.1) is 0 Å². The molecule has 6 heteroatoms. The second-order valence-electron chi connectivity index (χ2n) is 4.16. The topological polar surface area (TPSA) is 70.3 Å². The van der Waals surface area contributed by atoms with Gasteiger partial charge in [0, 0.05) is 13.2 Å². The van der Waals surface area contributed by atoms with E-state index >= 15 is 0 Å². The van der Waals surface area contributed by atoms with Gasteiger partial charge in [0.05, 0.1) is 12.3 Å². The van der Waals surface area contributed by atoms with Gasteiger partial charge in [-0.3, -0.25) is 0 Å². The summed E-state index contributed by atoms with van der Waals surface area (Å²) in [4.78, 5) is 7.95. The molecule has 0 amide bonds. The summed E-state index contributed by atoms with van der Waals surface area (Å²) in [5.74, 6) is 0.881. The minimum Gasteiger partial charge on any atom is -0.476 e. The highest BCUT2D eigenvalue weighted by Gasteiger charge is 2.16. The zero-order chi connectivity index (χ0) is 12.3. The third kappa shape index (κ3) is 3.20. The van der Waals surface area contributed by atoms with Gasteiger partial charge in [0.1, 0.15) is 5.69 Å². The minimum atomic E-state index is 0.165. The molecule has 94 valence electrons. The van der Waals surface area contributed by atoms with E-state index in [0.29, 0.717) is 29.8 Å². The Morgan fingerprint density at radius 1 is 1.41 bits per heavy atom. The largest absolute Gasteiger partial charge is 0.476 e. The van der Waals surface area contributed by atoms with Crippen LogP contribution in [-0.4, -0.2) is 29.8 Å². The van der Waals surface area contributed by atoms with Crippen LogP contribution in [0.5, 0.6) is 5.88 Å². The summed E-state index contributed by atoms with van der Waals surface area (Å²) in [6, 6.07) is 0. The number of nitrogens with zero attached hydrogens (tertiary/aromatic N) is 2. The molecule has 1 aliphatic heterocycles. The Bertz CT molecular complexity index is 395. The van der Waals surface area contributed by atoms with Crippen molar-refractivity contribution < 1.29 is 9.47 Å². The van der Waals surface area contributed by atoms with Crippen LogP contribution in [0.25, 0.3) is 0 Å². The molecule has 1 saturated heterocycles. The van der Waals surface area contributed by atoms with E-state index in [-0.39, 0.29) is 5.28 Å². The Hall–Kier alpha value is -1.07. The van der Waals surface area contributed by atoms with Crippen LogP contribution in [0.2, 0.25) is 5.28 Å². The highest BCUT2D eigenvalue weighted by molar-refractivity contribution is 6.28. The molecule has 0 aliphatic carbocycles. The fourth-order valence-corrected chi connectivity index (χ4v) is 1.95. The van der Waals surface area contributed by atoms with Gasteiger partial charge in [0.25, 0.3) is 0 Å². The van der Waals surface area contributed by atoms with Crippen LogP contribution in [0.1, 0.15) is 18.5 Å². The minimum absolute atomic E-state index is 0.165. The molecule has 2 heterocycles. The molecule has 1 fully saturated rings. The lowest BCUT2D eigenvalue weighted by molar-refractivity contribution is 0.0491. The molecule has 1 aliphatic rings. The van der Waals surface area contributed by atoms with E-state index in [1.807, 2.05) is 0 Å². The maximum absolute atomic E-state index is 5.83. The first kappa shape index (κ1) is 12.4. The summed E-state index contributed by atoms with van der Waals surface area (Å²) in [7, 11) is 0. The molecule has 17 heavy (non-hydrogen) atoms. The first-order valence-corrected chi connectivity index (χ1v) is 6.04. The van der Waals surface area contributed by atoms with Crippen LogP contribution >= 0.6 is 11.6 Å². The maximum Gasteiger partial charge on any atom is 0.241 e. The maximum atomic E-state index is 5.83. The van der Waals surface area contributed by atoms with E-state index in [2.05, 4.69) is 9.97 Å². The fraction of sp³-hybridized carbons (Fsp3) is 0.636. The number of ether oxygens (including phenoxy) is 2. The van der Waals surface area contributed by atoms with Gasteiger partial charge in [0.2, 0.25) is 11.2 Å². The molecule has 0 spiro atoms. The highest BCUT2D eigenvalue weighted by atomic mass is 35.5. The molecule has 1 aromatic rings. The standard InChI is InChI=1S/C11H16ClN3O2/c1-7-9(13)10(15-11(12)14-7)17-6-8-2-4-16-5-3-8/h8H,2-6,13H2,1H3. The van der Waals surface area contributed by atoms with Crippen LogP contribution in [-0.2, 0) is 4.74 Å². The third-order valence-electron chi connectivity index (χ3n) is 2.87. The quantitative estimate of drug-likeness (QED) is 0.837. The van der Waals surface area contributed by atoms with Crippen molar-refractivity contribution in [3.05, 3.63) is 11.0 Å². The molecule has 0 bridgehead atoms. The van der Waals surface area contributed by atoms with Crippen molar-refractivity contribution in [2.24, 2.45) is 5.92 Å². The Labute approximate surface area is 105 Å². The van der Waals surface area contributed by atoms with Crippen molar-refractivity contribution in [1.82, 2.24) is 9.97 Å². The molecule has 0 aromatic carbocycles. The number of nitrogens with two attached hydrogens (primary N) is 1. The van der Waals surface area contributed by atoms with Crippen molar-refractivity contribution in [3.8, 4) is 5.88 Å². The van der Waals surface area contributed by atoms with E-state index in [9.17, 15) is 0 Å². The second kappa shape index (κ2) is 5.51. The van der Waals surface area contributed by atoms with E-state index < -0.39 is 0 Å². The van der Waals surface area contributed by atoms with Crippen LogP contribution in [0.3, 0.4) is 0 Å². The molecule has 5 nitrogen and oxygen atoms in total. The summed E-state index contributed by atoms with van der Waals surface area (Å²) >= 11 is 5.77. The fourth-order valence-electron chi connectivity index (χ4n) is 1.74. The summed E-state index contributed by atoms with van der Waals surface area (Å²) in [5.41, 5.74) is 6.94. The lowest BCUT2D eigenvalue weighted by Gasteiger charge is -2.22. The van der Waals surface area contributed by atoms with E-state index in [1.165, 1.54) is 0 Å². The monoisotopic (exact) mass is 257 g/mol. The van der Waals surface area contributed by atoms with Gasteiger partial charge in [0.15, 0.2) is 0 Å². The van der Waals surface area contributed by atoms with E-state index in [4.69, 9.17) is 26.8 Å². The number of hydrogen-bond donors (Lipinski definition) is 1. The van der Waals surface area contributed by atoms with E-state index in [1.54, 1.807) is 6.92 Å².